The van der Waals surface area contributed by atoms with E-state index >= 15 is 0 Å². The predicted octanol–water partition coefficient (Wildman–Crippen LogP) is 2.83. The zero-order valence-corrected chi connectivity index (χ0v) is 13.2. The molecule has 0 bridgehead atoms. The molecule has 19 heavy (non-hydrogen) atoms. The largest absolute Gasteiger partial charge is 0.481 e. The first-order valence-electron chi connectivity index (χ1n) is 5.78. The monoisotopic (exact) mass is 345 g/mol. The zero-order valence-electron chi connectivity index (χ0n) is 10.8. The van der Waals surface area contributed by atoms with Gasteiger partial charge in [-0.05, 0) is 37.6 Å². The maximum Gasteiger partial charge on any atom is 0.305 e. The van der Waals surface area contributed by atoms with Gasteiger partial charge in [0.25, 0.3) is 0 Å². The number of carboxylic acid groups (broad SMARTS) is 1. The Labute approximate surface area is 125 Å². The molecule has 1 aromatic rings. The SMILES string of the molecule is Cc1cc(Br)ccc1SCC(=O)NC(C)CC(=O)O. The summed E-state index contributed by atoms with van der Waals surface area (Å²) in [5.41, 5.74) is 1.10. The second-order valence-electron chi connectivity index (χ2n) is 4.26. The number of thioether (sulfide) groups is 1. The summed E-state index contributed by atoms with van der Waals surface area (Å²) in [5.74, 6) is -0.780. The standard InChI is InChI=1S/C13H16BrNO3S/c1-8-5-10(14)3-4-11(8)19-7-12(16)15-9(2)6-13(17)18/h3-5,9H,6-7H2,1-2H3,(H,15,16)(H,17,18). The van der Waals surface area contributed by atoms with Gasteiger partial charge >= 0.3 is 5.97 Å². The molecule has 0 radical (unpaired) electrons. The molecular formula is C13H16BrNO3S. The summed E-state index contributed by atoms with van der Waals surface area (Å²) in [6.45, 7) is 3.67. The second-order valence-corrected chi connectivity index (χ2v) is 6.20. The molecule has 0 heterocycles. The number of nitrogens with one attached hydrogen (secondary N) is 1. The Hall–Kier alpha value is -1.01. The summed E-state index contributed by atoms with van der Waals surface area (Å²) in [6.07, 6.45) is -0.0618. The van der Waals surface area contributed by atoms with Crippen molar-refractivity contribution in [1.82, 2.24) is 5.32 Å². The minimum absolute atomic E-state index is 0.0618. The van der Waals surface area contributed by atoms with Gasteiger partial charge in [-0.15, -0.1) is 11.8 Å². The van der Waals surface area contributed by atoms with Gasteiger partial charge in [0.1, 0.15) is 0 Å². The fourth-order valence-corrected chi connectivity index (χ4v) is 2.84. The molecule has 1 rings (SSSR count). The summed E-state index contributed by atoms with van der Waals surface area (Å²) in [7, 11) is 0. The van der Waals surface area contributed by atoms with E-state index in [2.05, 4.69) is 21.2 Å². The third kappa shape index (κ3) is 6.11. The third-order valence-corrected chi connectivity index (χ3v) is 4.05. The van der Waals surface area contributed by atoms with E-state index in [-0.39, 0.29) is 24.1 Å². The average molecular weight is 346 g/mol. The van der Waals surface area contributed by atoms with Crippen LogP contribution in [0, 0.1) is 6.92 Å². The van der Waals surface area contributed by atoms with Crippen LogP contribution in [0.2, 0.25) is 0 Å². The van der Waals surface area contributed by atoms with E-state index in [1.54, 1.807) is 6.92 Å². The molecule has 1 amide bonds. The fourth-order valence-electron chi connectivity index (χ4n) is 1.55. The summed E-state index contributed by atoms with van der Waals surface area (Å²) >= 11 is 4.83. The van der Waals surface area contributed by atoms with Crippen molar-refractivity contribution >= 4 is 39.6 Å². The lowest BCUT2D eigenvalue weighted by atomic mass is 10.2. The van der Waals surface area contributed by atoms with E-state index in [0.29, 0.717) is 0 Å². The van der Waals surface area contributed by atoms with Gasteiger partial charge in [0, 0.05) is 15.4 Å². The Balaban J connectivity index is 2.43. The Bertz CT molecular complexity index is 479. The molecule has 0 fully saturated rings. The Morgan fingerprint density at radius 2 is 2.16 bits per heavy atom. The third-order valence-electron chi connectivity index (χ3n) is 2.38. The molecular weight excluding hydrogens is 330 g/mol. The lowest BCUT2D eigenvalue weighted by Gasteiger charge is -2.11. The Morgan fingerprint density at radius 1 is 1.47 bits per heavy atom. The minimum Gasteiger partial charge on any atom is -0.481 e. The first-order valence-corrected chi connectivity index (χ1v) is 7.56. The number of carbonyl (C=O) groups excluding carboxylic acids is 1. The van der Waals surface area contributed by atoms with Crippen LogP contribution in [0.4, 0.5) is 0 Å². The number of aliphatic carboxylic acids is 1. The quantitative estimate of drug-likeness (QED) is 0.778. The average Bonchev–Trinajstić information content (AvgIpc) is 2.26. The number of rotatable bonds is 6. The minimum atomic E-state index is -0.913. The van der Waals surface area contributed by atoms with E-state index in [0.717, 1.165) is 14.9 Å². The number of halogens is 1. The highest BCUT2D eigenvalue weighted by Gasteiger charge is 2.11. The van der Waals surface area contributed by atoms with Crippen molar-refractivity contribution in [3.8, 4) is 0 Å². The summed E-state index contributed by atoms with van der Waals surface area (Å²) in [5, 5.41) is 11.3. The smallest absolute Gasteiger partial charge is 0.305 e. The predicted molar refractivity (Wildman–Crippen MR) is 79.5 cm³/mol. The molecule has 0 saturated carbocycles. The maximum atomic E-state index is 11.7. The number of amides is 1. The molecule has 0 aliphatic rings. The van der Waals surface area contributed by atoms with Gasteiger partial charge in [-0.2, -0.15) is 0 Å². The highest BCUT2D eigenvalue weighted by molar-refractivity contribution is 9.10. The van der Waals surface area contributed by atoms with Crippen molar-refractivity contribution in [2.24, 2.45) is 0 Å². The van der Waals surface area contributed by atoms with Crippen molar-refractivity contribution in [2.75, 3.05) is 5.75 Å². The molecule has 0 saturated heterocycles. The number of carbonyl (C=O) groups is 2. The molecule has 1 atom stereocenters. The molecule has 0 spiro atoms. The molecule has 1 unspecified atom stereocenters. The van der Waals surface area contributed by atoms with Gasteiger partial charge < -0.3 is 10.4 Å². The lowest BCUT2D eigenvalue weighted by molar-refractivity contribution is -0.137. The van der Waals surface area contributed by atoms with Crippen molar-refractivity contribution in [2.45, 2.75) is 31.2 Å². The molecule has 0 aliphatic heterocycles. The number of benzene rings is 1. The van der Waals surface area contributed by atoms with Crippen LogP contribution in [0.15, 0.2) is 27.6 Å². The molecule has 2 N–H and O–H groups in total. The molecule has 1 aromatic carbocycles. The normalized spacial score (nSPS) is 11.9. The molecule has 104 valence electrons. The van der Waals surface area contributed by atoms with Crippen LogP contribution in [0.1, 0.15) is 18.9 Å². The van der Waals surface area contributed by atoms with E-state index < -0.39 is 5.97 Å². The highest BCUT2D eigenvalue weighted by atomic mass is 79.9. The molecule has 6 heteroatoms. The van der Waals surface area contributed by atoms with E-state index in [9.17, 15) is 9.59 Å². The first kappa shape index (κ1) is 16.0. The zero-order chi connectivity index (χ0) is 14.4. The van der Waals surface area contributed by atoms with E-state index in [1.807, 2.05) is 25.1 Å². The topological polar surface area (TPSA) is 66.4 Å². The van der Waals surface area contributed by atoms with Crippen molar-refractivity contribution < 1.29 is 14.7 Å². The fraction of sp³-hybridized carbons (Fsp3) is 0.385. The van der Waals surface area contributed by atoms with Crippen LogP contribution in [0.3, 0.4) is 0 Å². The molecule has 4 nitrogen and oxygen atoms in total. The van der Waals surface area contributed by atoms with Gasteiger partial charge in [0.05, 0.1) is 12.2 Å². The van der Waals surface area contributed by atoms with Crippen LogP contribution in [-0.4, -0.2) is 28.8 Å². The number of hydrogen-bond donors (Lipinski definition) is 2. The lowest BCUT2D eigenvalue weighted by Crippen LogP contribution is -2.35. The number of hydrogen-bond acceptors (Lipinski definition) is 3. The van der Waals surface area contributed by atoms with Gasteiger partial charge in [0.15, 0.2) is 0 Å². The second kappa shape index (κ2) is 7.55. The van der Waals surface area contributed by atoms with Gasteiger partial charge in [0.2, 0.25) is 5.91 Å². The molecule has 0 aromatic heterocycles. The summed E-state index contributed by atoms with van der Waals surface area (Å²) < 4.78 is 1.01. The van der Waals surface area contributed by atoms with Crippen LogP contribution >= 0.6 is 27.7 Å². The van der Waals surface area contributed by atoms with Crippen LogP contribution in [0.25, 0.3) is 0 Å². The number of aryl methyl sites for hydroxylation is 1. The molecule has 0 aliphatic carbocycles. The van der Waals surface area contributed by atoms with Crippen molar-refractivity contribution in [1.29, 1.82) is 0 Å². The summed E-state index contributed by atoms with van der Waals surface area (Å²) in [4.78, 5) is 23.2. The highest BCUT2D eigenvalue weighted by Crippen LogP contribution is 2.25. The number of carboxylic acids is 1. The van der Waals surface area contributed by atoms with Crippen LogP contribution < -0.4 is 5.32 Å². The van der Waals surface area contributed by atoms with Crippen molar-refractivity contribution in [3.05, 3.63) is 28.2 Å². The van der Waals surface area contributed by atoms with Gasteiger partial charge in [-0.3, -0.25) is 9.59 Å². The van der Waals surface area contributed by atoms with Gasteiger partial charge in [-0.1, -0.05) is 15.9 Å². The van der Waals surface area contributed by atoms with Gasteiger partial charge in [-0.25, -0.2) is 0 Å². The first-order chi connectivity index (χ1) is 8.88. The van der Waals surface area contributed by atoms with Crippen molar-refractivity contribution in [3.63, 3.8) is 0 Å². The Morgan fingerprint density at radius 3 is 2.74 bits per heavy atom. The van der Waals surface area contributed by atoms with E-state index in [1.165, 1.54) is 11.8 Å². The maximum absolute atomic E-state index is 11.7. The van der Waals surface area contributed by atoms with Crippen LogP contribution in [0.5, 0.6) is 0 Å². The van der Waals surface area contributed by atoms with E-state index in [4.69, 9.17) is 5.11 Å². The summed E-state index contributed by atoms with van der Waals surface area (Å²) in [6, 6.07) is 5.53. The Kier molecular flexibility index (Phi) is 6.37. The van der Waals surface area contributed by atoms with Crippen LogP contribution in [-0.2, 0) is 9.59 Å².